The number of benzene rings is 1. The van der Waals surface area contributed by atoms with Gasteiger partial charge in [0.05, 0.1) is 23.4 Å². The molecule has 1 aromatic carbocycles. The number of amides is 2. The molecule has 128 valence electrons. The van der Waals surface area contributed by atoms with Gasteiger partial charge in [-0.1, -0.05) is 17.4 Å². The van der Waals surface area contributed by atoms with Crippen molar-refractivity contribution >= 4 is 38.5 Å². The number of hydrogen-bond donors (Lipinski definition) is 1. The van der Waals surface area contributed by atoms with E-state index in [-0.39, 0.29) is 24.7 Å². The number of thiazole rings is 1. The van der Waals surface area contributed by atoms with Gasteiger partial charge in [0.1, 0.15) is 0 Å². The Balaban J connectivity index is 1.56. The molecule has 0 spiro atoms. The Labute approximate surface area is 144 Å². The largest absolute Gasteiger partial charge is 0.378 e. The van der Waals surface area contributed by atoms with Gasteiger partial charge in [-0.25, -0.2) is 4.98 Å². The Morgan fingerprint density at radius 1 is 1.25 bits per heavy atom. The zero-order chi connectivity index (χ0) is 17.1. The van der Waals surface area contributed by atoms with Crippen molar-refractivity contribution in [3.8, 4) is 0 Å². The lowest BCUT2D eigenvalue weighted by Crippen LogP contribution is -2.40. The van der Waals surface area contributed by atoms with Gasteiger partial charge < -0.3 is 15.0 Å². The lowest BCUT2D eigenvalue weighted by atomic mass is 10.1. The summed E-state index contributed by atoms with van der Waals surface area (Å²) in [7, 11) is 0. The standard InChI is InChI=1S/C17H21N3O3S/c1-11-9-12(2)16-13(10-11)24-17(19-16)18-14(21)3-4-15(22)20-5-7-23-8-6-20/h9-10H,3-8H2,1-2H3,(H,18,19,21). The molecule has 0 radical (unpaired) electrons. The molecule has 1 aliphatic rings. The maximum Gasteiger partial charge on any atom is 0.226 e. The quantitative estimate of drug-likeness (QED) is 0.922. The number of fused-ring (bicyclic) bond motifs is 1. The van der Waals surface area contributed by atoms with E-state index < -0.39 is 0 Å². The van der Waals surface area contributed by atoms with Crippen LogP contribution in [0.1, 0.15) is 24.0 Å². The third-order valence-electron chi connectivity index (χ3n) is 4.01. The molecule has 0 unspecified atom stereocenters. The minimum absolute atomic E-state index is 0.00391. The van der Waals surface area contributed by atoms with E-state index in [1.807, 2.05) is 13.8 Å². The van der Waals surface area contributed by atoms with Crippen molar-refractivity contribution in [2.75, 3.05) is 31.6 Å². The number of nitrogens with zero attached hydrogens (tertiary/aromatic N) is 2. The lowest BCUT2D eigenvalue weighted by molar-refractivity contribution is -0.136. The highest BCUT2D eigenvalue weighted by molar-refractivity contribution is 7.22. The predicted octanol–water partition coefficient (Wildman–Crippen LogP) is 2.49. The summed E-state index contributed by atoms with van der Waals surface area (Å²) < 4.78 is 6.28. The van der Waals surface area contributed by atoms with Gasteiger partial charge >= 0.3 is 0 Å². The summed E-state index contributed by atoms with van der Waals surface area (Å²) >= 11 is 1.46. The van der Waals surface area contributed by atoms with Crippen LogP contribution in [0.4, 0.5) is 5.13 Å². The molecule has 7 heteroatoms. The van der Waals surface area contributed by atoms with Crippen molar-refractivity contribution in [3.63, 3.8) is 0 Å². The molecule has 6 nitrogen and oxygen atoms in total. The molecule has 1 N–H and O–H groups in total. The first-order valence-electron chi connectivity index (χ1n) is 8.06. The third-order valence-corrected chi connectivity index (χ3v) is 4.92. The number of aromatic nitrogens is 1. The molecule has 3 rings (SSSR count). The van der Waals surface area contributed by atoms with Crippen molar-refractivity contribution in [1.29, 1.82) is 0 Å². The number of rotatable bonds is 4. The van der Waals surface area contributed by atoms with Gasteiger partial charge in [-0.3, -0.25) is 9.59 Å². The van der Waals surface area contributed by atoms with E-state index in [0.29, 0.717) is 31.4 Å². The Kier molecular flexibility index (Phi) is 5.11. The highest BCUT2D eigenvalue weighted by Crippen LogP contribution is 2.29. The Bertz CT molecular complexity index is 766. The second-order valence-electron chi connectivity index (χ2n) is 5.99. The molecule has 0 atom stereocenters. The maximum absolute atomic E-state index is 12.1. The molecule has 0 bridgehead atoms. The van der Waals surface area contributed by atoms with E-state index in [4.69, 9.17) is 4.74 Å². The highest BCUT2D eigenvalue weighted by Gasteiger charge is 2.18. The number of aryl methyl sites for hydroxylation is 2. The third kappa shape index (κ3) is 3.91. The highest BCUT2D eigenvalue weighted by atomic mass is 32.1. The zero-order valence-electron chi connectivity index (χ0n) is 13.9. The number of carbonyl (C=O) groups is 2. The molecule has 1 aromatic heterocycles. The van der Waals surface area contributed by atoms with Crippen LogP contribution in [-0.4, -0.2) is 48.0 Å². The number of hydrogen-bond acceptors (Lipinski definition) is 5. The van der Waals surface area contributed by atoms with Crippen LogP contribution in [0.5, 0.6) is 0 Å². The SMILES string of the molecule is Cc1cc(C)c2nc(NC(=O)CCC(=O)N3CCOCC3)sc2c1. The molecule has 1 aliphatic heterocycles. The van der Waals surface area contributed by atoms with Crippen LogP contribution in [0.15, 0.2) is 12.1 Å². The Morgan fingerprint density at radius 2 is 2.00 bits per heavy atom. The summed E-state index contributed by atoms with van der Waals surface area (Å²) in [6.45, 7) is 6.42. The van der Waals surface area contributed by atoms with Gasteiger partial charge in [-0.15, -0.1) is 0 Å². The first kappa shape index (κ1) is 16.9. The summed E-state index contributed by atoms with van der Waals surface area (Å²) in [5.74, 6) is -0.172. The zero-order valence-corrected chi connectivity index (χ0v) is 14.7. The number of carbonyl (C=O) groups excluding carboxylic acids is 2. The molecule has 2 heterocycles. The van der Waals surface area contributed by atoms with Crippen LogP contribution in [0.3, 0.4) is 0 Å². The van der Waals surface area contributed by atoms with Crippen LogP contribution in [0.2, 0.25) is 0 Å². The van der Waals surface area contributed by atoms with Gasteiger partial charge in [0.2, 0.25) is 11.8 Å². The minimum atomic E-state index is -0.176. The molecule has 2 amide bonds. The summed E-state index contributed by atoms with van der Waals surface area (Å²) in [6, 6.07) is 4.15. The van der Waals surface area contributed by atoms with Gasteiger partial charge in [-0.2, -0.15) is 0 Å². The van der Waals surface area contributed by atoms with Gasteiger partial charge in [-0.05, 0) is 31.0 Å². The Hall–Kier alpha value is -1.99. The topological polar surface area (TPSA) is 71.5 Å². The maximum atomic E-state index is 12.1. The number of anilines is 1. The average molecular weight is 347 g/mol. The van der Waals surface area contributed by atoms with Gasteiger partial charge in [0.25, 0.3) is 0 Å². The smallest absolute Gasteiger partial charge is 0.226 e. The normalized spacial score (nSPS) is 14.8. The predicted molar refractivity (Wildman–Crippen MR) is 94.4 cm³/mol. The van der Waals surface area contributed by atoms with Crippen molar-refractivity contribution in [2.24, 2.45) is 0 Å². The van der Waals surface area contributed by atoms with Crippen LogP contribution in [-0.2, 0) is 14.3 Å². The van der Waals surface area contributed by atoms with Crippen LogP contribution >= 0.6 is 11.3 Å². The van der Waals surface area contributed by atoms with Crippen molar-refractivity contribution in [2.45, 2.75) is 26.7 Å². The molecular weight excluding hydrogens is 326 g/mol. The van der Waals surface area contributed by atoms with E-state index in [9.17, 15) is 9.59 Å². The van der Waals surface area contributed by atoms with Crippen LogP contribution in [0.25, 0.3) is 10.2 Å². The molecule has 0 aliphatic carbocycles. The van der Waals surface area contributed by atoms with Crippen LogP contribution < -0.4 is 5.32 Å². The van der Waals surface area contributed by atoms with Crippen molar-refractivity contribution < 1.29 is 14.3 Å². The summed E-state index contributed by atoms with van der Waals surface area (Å²) in [5.41, 5.74) is 3.20. The molecule has 1 fully saturated rings. The fraction of sp³-hybridized carbons (Fsp3) is 0.471. The molecular formula is C17H21N3O3S. The van der Waals surface area contributed by atoms with Crippen molar-refractivity contribution in [1.82, 2.24) is 9.88 Å². The first-order valence-corrected chi connectivity index (χ1v) is 8.88. The van der Waals surface area contributed by atoms with E-state index in [1.165, 1.54) is 16.9 Å². The van der Waals surface area contributed by atoms with Gasteiger partial charge in [0.15, 0.2) is 5.13 Å². The number of ether oxygens (including phenoxy) is 1. The average Bonchev–Trinajstić information content (AvgIpc) is 2.96. The molecule has 1 saturated heterocycles. The van der Waals surface area contributed by atoms with E-state index in [1.54, 1.807) is 4.90 Å². The number of nitrogens with one attached hydrogen (secondary N) is 1. The summed E-state index contributed by atoms with van der Waals surface area (Å²) in [4.78, 5) is 30.4. The lowest BCUT2D eigenvalue weighted by Gasteiger charge is -2.26. The first-order chi connectivity index (χ1) is 11.5. The number of morpholine rings is 1. The fourth-order valence-electron chi connectivity index (χ4n) is 2.80. The Morgan fingerprint density at radius 3 is 2.75 bits per heavy atom. The second-order valence-corrected chi connectivity index (χ2v) is 7.02. The van der Waals surface area contributed by atoms with Gasteiger partial charge in [0, 0.05) is 25.9 Å². The van der Waals surface area contributed by atoms with Crippen LogP contribution in [0, 0.1) is 13.8 Å². The molecule has 24 heavy (non-hydrogen) atoms. The van der Waals surface area contributed by atoms with E-state index in [0.717, 1.165) is 15.8 Å². The fourth-order valence-corrected chi connectivity index (χ4v) is 3.86. The molecule has 2 aromatic rings. The monoisotopic (exact) mass is 347 g/mol. The van der Waals surface area contributed by atoms with E-state index >= 15 is 0 Å². The van der Waals surface area contributed by atoms with E-state index in [2.05, 4.69) is 22.4 Å². The summed E-state index contributed by atoms with van der Waals surface area (Å²) in [5, 5.41) is 3.40. The summed E-state index contributed by atoms with van der Waals surface area (Å²) in [6.07, 6.45) is 0.388. The minimum Gasteiger partial charge on any atom is -0.378 e. The molecule has 0 saturated carbocycles. The second kappa shape index (κ2) is 7.27. The van der Waals surface area contributed by atoms with Crippen molar-refractivity contribution in [3.05, 3.63) is 23.3 Å².